The molecule has 1 heterocycles. The van der Waals surface area contributed by atoms with Crippen LogP contribution in [-0.4, -0.2) is 74.2 Å². The van der Waals surface area contributed by atoms with E-state index in [1.165, 1.54) is 0 Å². The van der Waals surface area contributed by atoms with Crippen molar-refractivity contribution in [1.29, 1.82) is 0 Å². The van der Waals surface area contributed by atoms with Crippen LogP contribution in [0, 0.1) is 20.8 Å². The Kier molecular flexibility index (Phi) is 6.82. The van der Waals surface area contributed by atoms with E-state index in [9.17, 15) is 13.2 Å². The minimum absolute atomic E-state index is 0.108. The number of sulfonamides is 1. The molecule has 1 aromatic carbocycles. The maximum absolute atomic E-state index is 13.1. The molecule has 146 valence electrons. The van der Waals surface area contributed by atoms with Crippen LogP contribution in [0.1, 0.15) is 30.5 Å². The van der Waals surface area contributed by atoms with Crippen LogP contribution >= 0.6 is 0 Å². The molecule has 1 aromatic rings. The van der Waals surface area contributed by atoms with Gasteiger partial charge in [-0.15, -0.1) is 0 Å². The number of carbonyl (C=O) groups is 1. The smallest absolute Gasteiger partial charge is 0.243 e. The summed E-state index contributed by atoms with van der Waals surface area (Å²) in [7, 11) is -3.51. The van der Waals surface area contributed by atoms with Gasteiger partial charge < -0.3 is 4.90 Å². The molecular formula is C19H31N3O3S. The first kappa shape index (κ1) is 20.9. The Hall–Kier alpha value is -1.44. The summed E-state index contributed by atoms with van der Waals surface area (Å²) in [6, 6.07) is 3.83. The average Bonchev–Trinajstić information content (AvgIpc) is 2.55. The zero-order valence-electron chi connectivity index (χ0n) is 16.6. The van der Waals surface area contributed by atoms with Crippen molar-refractivity contribution in [1.82, 2.24) is 14.1 Å². The molecule has 1 amide bonds. The second-order valence-corrected chi connectivity index (χ2v) is 8.85. The van der Waals surface area contributed by atoms with E-state index in [0.29, 0.717) is 50.7 Å². The topological polar surface area (TPSA) is 60.9 Å². The van der Waals surface area contributed by atoms with Gasteiger partial charge in [-0.25, -0.2) is 8.42 Å². The van der Waals surface area contributed by atoms with Crippen molar-refractivity contribution in [2.45, 2.75) is 39.5 Å². The first-order valence-corrected chi connectivity index (χ1v) is 10.7. The number of likely N-dealkylation sites (N-methyl/N-ethyl adjacent to an activating group) is 1. The molecule has 0 aromatic heterocycles. The molecule has 1 saturated heterocycles. The molecule has 0 radical (unpaired) electrons. The highest BCUT2D eigenvalue weighted by Gasteiger charge is 2.31. The van der Waals surface area contributed by atoms with Gasteiger partial charge in [0.05, 0.1) is 11.4 Å². The fourth-order valence-electron chi connectivity index (χ4n) is 3.70. The van der Waals surface area contributed by atoms with E-state index in [1.807, 2.05) is 56.6 Å². The largest absolute Gasteiger partial charge is 0.342 e. The Morgan fingerprint density at radius 1 is 1.00 bits per heavy atom. The molecule has 26 heavy (non-hydrogen) atoms. The van der Waals surface area contributed by atoms with E-state index in [2.05, 4.69) is 0 Å². The van der Waals surface area contributed by atoms with Crippen molar-refractivity contribution in [2.75, 3.05) is 45.8 Å². The van der Waals surface area contributed by atoms with Gasteiger partial charge in [-0.05, 0) is 45.7 Å². The van der Waals surface area contributed by atoms with Gasteiger partial charge in [-0.3, -0.25) is 9.69 Å². The molecule has 1 fully saturated rings. The SMILES string of the molecule is CCN(CC)C(=O)CN1CCN(S(=O)(=O)c2c(C)cc(C)cc2C)CC1. The average molecular weight is 382 g/mol. The van der Waals surface area contributed by atoms with Crippen molar-refractivity contribution >= 4 is 15.9 Å². The lowest BCUT2D eigenvalue weighted by Crippen LogP contribution is -2.51. The van der Waals surface area contributed by atoms with Gasteiger partial charge in [0.2, 0.25) is 15.9 Å². The summed E-state index contributed by atoms with van der Waals surface area (Å²) >= 11 is 0. The van der Waals surface area contributed by atoms with E-state index in [4.69, 9.17) is 0 Å². The number of hydrogen-bond acceptors (Lipinski definition) is 4. The van der Waals surface area contributed by atoms with Crippen molar-refractivity contribution in [2.24, 2.45) is 0 Å². The zero-order valence-corrected chi connectivity index (χ0v) is 17.4. The normalized spacial score (nSPS) is 16.7. The van der Waals surface area contributed by atoms with Gasteiger partial charge in [0, 0.05) is 39.3 Å². The Morgan fingerprint density at radius 3 is 1.96 bits per heavy atom. The highest BCUT2D eigenvalue weighted by Crippen LogP contribution is 2.26. The Balaban J connectivity index is 2.07. The fourth-order valence-corrected chi connectivity index (χ4v) is 5.53. The van der Waals surface area contributed by atoms with Gasteiger partial charge in [0.25, 0.3) is 0 Å². The molecule has 1 aliphatic rings. The van der Waals surface area contributed by atoms with Crippen LogP contribution < -0.4 is 0 Å². The number of benzene rings is 1. The summed E-state index contributed by atoms with van der Waals surface area (Å²) in [6.07, 6.45) is 0. The van der Waals surface area contributed by atoms with E-state index in [-0.39, 0.29) is 5.91 Å². The summed E-state index contributed by atoms with van der Waals surface area (Å²) < 4.78 is 27.8. The molecule has 1 aliphatic heterocycles. The minimum atomic E-state index is -3.51. The van der Waals surface area contributed by atoms with E-state index >= 15 is 0 Å². The Labute approximate surface area is 157 Å². The first-order chi connectivity index (χ1) is 12.2. The molecule has 0 aliphatic carbocycles. The van der Waals surface area contributed by atoms with Crippen LogP contribution in [0.2, 0.25) is 0 Å². The van der Waals surface area contributed by atoms with Crippen LogP contribution in [0.4, 0.5) is 0 Å². The molecule has 0 atom stereocenters. The van der Waals surface area contributed by atoms with Crippen molar-refractivity contribution in [3.8, 4) is 0 Å². The van der Waals surface area contributed by atoms with Crippen LogP contribution in [-0.2, 0) is 14.8 Å². The van der Waals surface area contributed by atoms with Crippen molar-refractivity contribution in [3.05, 3.63) is 28.8 Å². The second kappa shape index (κ2) is 8.50. The summed E-state index contributed by atoms with van der Waals surface area (Å²) in [4.78, 5) is 16.5. The third-order valence-corrected chi connectivity index (χ3v) is 7.21. The number of rotatable bonds is 6. The summed E-state index contributed by atoms with van der Waals surface area (Å²) in [5.74, 6) is 0.108. The number of nitrogens with zero attached hydrogens (tertiary/aromatic N) is 3. The van der Waals surface area contributed by atoms with Crippen molar-refractivity contribution in [3.63, 3.8) is 0 Å². The number of carbonyl (C=O) groups excluding carboxylic acids is 1. The maximum Gasteiger partial charge on any atom is 0.243 e. The summed E-state index contributed by atoms with van der Waals surface area (Å²) in [5.41, 5.74) is 2.65. The number of hydrogen-bond donors (Lipinski definition) is 0. The van der Waals surface area contributed by atoms with E-state index in [1.54, 1.807) is 4.31 Å². The van der Waals surface area contributed by atoms with Gasteiger partial charge in [0.15, 0.2) is 0 Å². The molecule has 0 spiro atoms. The van der Waals surface area contributed by atoms with Gasteiger partial charge in [0.1, 0.15) is 0 Å². The molecule has 0 N–H and O–H groups in total. The lowest BCUT2D eigenvalue weighted by Gasteiger charge is -2.35. The highest BCUT2D eigenvalue weighted by molar-refractivity contribution is 7.89. The van der Waals surface area contributed by atoms with Crippen molar-refractivity contribution < 1.29 is 13.2 Å². The maximum atomic E-state index is 13.1. The molecular weight excluding hydrogens is 350 g/mol. The number of amides is 1. The quantitative estimate of drug-likeness (QED) is 0.754. The van der Waals surface area contributed by atoms with E-state index < -0.39 is 10.0 Å². The molecule has 2 rings (SSSR count). The molecule has 0 bridgehead atoms. The minimum Gasteiger partial charge on any atom is -0.342 e. The standard InChI is InChI=1S/C19H31N3O3S/c1-6-21(7-2)18(23)14-20-8-10-22(11-9-20)26(24,25)19-16(4)12-15(3)13-17(19)5/h12-13H,6-11,14H2,1-5H3. The number of piperazine rings is 1. The molecule has 6 nitrogen and oxygen atoms in total. The number of aryl methyl sites for hydroxylation is 3. The molecule has 7 heteroatoms. The van der Waals surface area contributed by atoms with Gasteiger partial charge >= 0.3 is 0 Å². The van der Waals surface area contributed by atoms with Crippen LogP contribution in [0.25, 0.3) is 0 Å². The van der Waals surface area contributed by atoms with Crippen LogP contribution in [0.15, 0.2) is 17.0 Å². The molecule has 0 saturated carbocycles. The van der Waals surface area contributed by atoms with E-state index in [0.717, 1.165) is 16.7 Å². The third kappa shape index (κ3) is 4.45. The van der Waals surface area contributed by atoms with Gasteiger partial charge in [-0.1, -0.05) is 17.7 Å². The predicted octanol–water partition coefficient (Wildman–Crippen LogP) is 1.79. The Morgan fingerprint density at radius 2 is 1.50 bits per heavy atom. The molecule has 0 unspecified atom stereocenters. The fraction of sp³-hybridized carbons (Fsp3) is 0.632. The lowest BCUT2D eigenvalue weighted by atomic mass is 10.1. The van der Waals surface area contributed by atoms with Crippen LogP contribution in [0.5, 0.6) is 0 Å². The van der Waals surface area contributed by atoms with Crippen LogP contribution in [0.3, 0.4) is 0 Å². The summed E-state index contributed by atoms with van der Waals surface area (Å²) in [5, 5.41) is 0. The summed E-state index contributed by atoms with van der Waals surface area (Å²) in [6.45, 7) is 13.4. The second-order valence-electron chi connectivity index (χ2n) is 6.97. The lowest BCUT2D eigenvalue weighted by molar-refractivity contribution is -0.132. The zero-order chi connectivity index (χ0) is 19.5. The third-order valence-electron chi connectivity index (χ3n) is 5.01. The predicted molar refractivity (Wildman–Crippen MR) is 104 cm³/mol. The van der Waals surface area contributed by atoms with Gasteiger partial charge in [-0.2, -0.15) is 4.31 Å². The first-order valence-electron chi connectivity index (χ1n) is 9.28. The highest BCUT2D eigenvalue weighted by atomic mass is 32.2. The Bertz CT molecular complexity index is 726. The monoisotopic (exact) mass is 381 g/mol.